The predicted molar refractivity (Wildman–Crippen MR) is 93.0 cm³/mol. The minimum atomic E-state index is -0.168. The number of amides is 2. The van der Waals surface area contributed by atoms with Gasteiger partial charge in [-0.1, -0.05) is 36.4 Å². The fourth-order valence-corrected chi connectivity index (χ4v) is 2.93. The van der Waals surface area contributed by atoms with E-state index in [1.165, 1.54) is 0 Å². The lowest BCUT2D eigenvalue weighted by molar-refractivity contribution is 0.166. The summed E-state index contributed by atoms with van der Waals surface area (Å²) >= 11 is 0. The molecule has 0 unspecified atom stereocenters. The van der Waals surface area contributed by atoms with Crippen molar-refractivity contribution in [3.63, 3.8) is 0 Å². The Morgan fingerprint density at radius 1 is 1.17 bits per heavy atom. The lowest BCUT2D eigenvalue weighted by atomic mass is 10.2. The van der Waals surface area contributed by atoms with Gasteiger partial charge in [-0.2, -0.15) is 0 Å². The van der Waals surface area contributed by atoms with Crippen LogP contribution >= 0.6 is 0 Å². The summed E-state index contributed by atoms with van der Waals surface area (Å²) in [5.74, 6) is 0.790. The number of urea groups is 1. The van der Waals surface area contributed by atoms with Gasteiger partial charge in [0.05, 0.1) is 12.6 Å². The Morgan fingerprint density at radius 2 is 1.92 bits per heavy atom. The van der Waals surface area contributed by atoms with Crippen LogP contribution in [-0.4, -0.2) is 35.2 Å². The maximum Gasteiger partial charge on any atom is 0.322 e. The van der Waals surface area contributed by atoms with Crippen molar-refractivity contribution >= 4 is 11.7 Å². The molecular weight excluding hydrogens is 304 g/mol. The molecule has 1 aliphatic rings. The average Bonchev–Trinajstić information content (AvgIpc) is 3.11. The van der Waals surface area contributed by atoms with Crippen LogP contribution < -0.4 is 10.1 Å². The first-order valence-corrected chi connectivity index (χ1v) is 8.22. The zero-order valence-electron chi connectivity index (χ0n) is 13.5. The van der Waals surface area contributed by atoms with E-state index in [0.717, 1.165) is 29.8 Å². The lowest BCUT2D eigenvalue weighted by Gasteiger charge is -2.24. The van der Waals surface area contributed by atoms with Crippen molar-refractivity contribution in [1.82, 2.24) is 4.90 Å². The summed E-state index contributed by atoms with van der Waals surface area (Å²) in [6.07, 6.45) is 1.78. The van der Waals surface area contributed by atoms with Crippen molar-refractivity contribution < 1.29 is 14.6 Å². The highest BCUT2D eigenvalue weighted by atomic mass is 16.5. The van der Waals surface area contributed by atoms with Crippen LogP contribution in [0.25, 0.3) is 0 Å². The zero-order chi connectivity index (χ0) is 16.8. The van der Waals surface area contributed by atoms with Gasteiger partial charge in [-0.15, -0.1) is 0 Å². The Hall–Kier alpha value is -2.53. The van der Waals surface area contributed by atoms with Gasteiger partial charge in [0.2, 0.25) is 0 Å². The number of aliphatic hydroxyl groups excluding tert-OH is 1. The standard InChI is InChI=1S/C19H22N2O3/c22-13-16-8-6-12-21(16)19(23)20-18-11-5-4-7-15(18)14-24-17-9-2-1-3-10-17/h1-5,7,9-11,16,22H,6,8,12-14H2,(H,20,23)/t16-/m0/s1. The highest BCUT2D eigenvalue weighted by Gasteiger charge is 2.28. The van der Waals surface area contributed by atoms with Gasteiger partial charge in [0, 0.05) is 17.8 Å². The number of hydrogen-bond acceptors (Lipinski definition) is 3. The van der Waals surface area contributed by atoms with Crippen LogP contribution in [0.1, 0.15) is 18.4 Å². The van der Waals surface area contributed by atoms with E-state index in [9.17, 15) is 9.90 Å². The SMILES string of the molecule is O=C(Nc1ccccc1COc1ccccc1)N1CCC[C@H]1CO. The number of likely N-dealkylation sites (tertiary alicyclic amines) is 1. The third-order valence-electron chi connectivity index (χ3n) is 4.25. The van der Waals surface area contributed by atoms with Crippen LogP contribution in [0, 0.1) is 0 Å². The van der Waals surface area contributed by atoms with Gasteiger partial charge in [-0.25, -0.2) is 4.79 Å². The second-order valence-electron chi connectivity index (χ2n) is 5.86. The number of rotatable bonds is 5. The molecule has 0 radical (unpaired) electrons. The molecule has 24 heavy (non-hydrogen) atoms. The van der Waals surface area contributed by atoms with E-state index in [-0.39, 0.29) is 18.7 Å². The third-order valence-corrected chi connectivity index (χ3v) is 4.25. The van der Waals surface area contributed by atoms with Crippen LogP contribution in [-0.2, 0) is 6.61 Å². The maximum absolute atomic E-state index is 12.5. The van der Waals surface area contributed by atoms with Crippen LogP contribution in [0.2, 0.25) is 0 Å². The molecule has 1 aliphatic heterocycles. The minimum absolute atomic E-state index is 0.00614. The molecule has 2 aromatic rings. The van der Waals surface area contributed by atoms with Crippen molar-refractivity contribution in [3.8, 4) is 5.75 Å². The van der Waals surface area contributed by atoms with Crippen LogP contribution in [0.5, 0.6) is 5.75 Å². The van der Waals surface area contributed by atoms with E-state index >= 15 is 0 Å². The van der Waals surface area contributed by atoms with Crippen molar-refractivity contribution in [2.24, 2.45) is 0 Å². The smallest absolute Gasteiger partial charge is 0.322 e. The molecule has 2 N–H and O–H groups in total. The summed E-state index contributed by atoms with van der Waals surface area (Å²) in [5.41, 5.74) is 1.65. The minimum Gasteiger partial charge on any atom is -0.489 e. The Morgan fingerprint density at radius 3 is 2.71 bits per heavy atom. The molecule has 3 rings (SSSR count). The fourth-order valence-electron chi connectivity index (χ4n) is 2.93. The highest BCUT2D eigenvalue weighted by molar-refractivity contribution is 5.90. The molecule has 0 spiro atoms. The van der Waals surface area contributed by atoms with Gasteiger partial charge in [-0.3, -0.25) is 0 Å². The van der Waals surface area contributed by atoms with Gasteiger partial charge in [0.25, 0.3) is 0 Å². The highest BCUT2D eigenvalue weighted by Crippen LogP contribution is 2.22. The second-order valence-corrected chi connectivity index (χ2v) is 5.86. The Labute approximate surface area is 141 Å². The fraction of sp³-hybridized carbons (Fsp3) is 0.316. The molecule has 0 saturated carbocycles. The monoisotopic (exact) mass is 326 g/mol. The van der Waals surface area contributed by atoms with Crippen LogP contribution in [0.4, 0.5) is 10.5 Å². The van der Waals surface area contributed by atoms with E-state index in [2.05, 4.69) is 5.32 Å². The van der Waals surface area contributed by atoms with Gasteiger partial charge in [-0.05, 0) is 31.0 Å². The van der Waals surface area contributed by atoms with E-state index in [4.69, 9.17) is 4.74 Å². The molecule has 2 amide bonds. The summed E-state index contributed by atoms with van der Waals surface area (Å²) in [6, 6.07) is 16.9. The molecule has 2 aromatic carbocycles. The molecule has 1 atom stereocenters. The quantitative estimate of drug-likeness (QED) is 0.886. The first-order chi connectivity index (χ1) is 11.8. The van der Waals surface area contributed by atoms with Gasteiger partial charge < -0.3 is 20.1 Å². The maximum atomic E-state index is 12.5. The molecule has 1 heterocycles. The number of nitrogens with one attached hydrogen (secondary N) is 1. The normalized spacial score (nSPS) is 16.9. The average molecular weight is 326 g/mol. The molecule has 126 valence electrons. The van der Waals surface area contributed by atoms with Gasteiger partial charge in [0.1, 0.15) is 12.4 Å². The van der Waals surface area contributed by atoms with Crippen molar-refractivity contribution in [3.05, 3.63) is 60.2 Å². The molecule has 0 aliphatic carbocycles. The zero-order valence-corrected chi connectivity index (χ0v) is 13.5. The van der Waals surface area contributed by atoms with Crippen LogP contribution in [0.15, 0.2) is 54.6 Å². The number of ether oxygens (including phenoxy) is 1. The number of carbonyl (C=O) groups excluding carboxylic acids is 1. The Bertz CT molecular complexity index is 675. The number of para-hydroxylation sites is 2. The third kappa shape index (κ3) is 3.86. The predicted octanol–water partition coefficient (Wildman–Crippen LogP) is 3.25. The Kier molecular flexibility index (Phi) is 5.33. The number of nitrogens with zero attached hydrogens (tertiary/aromatic N) is 1. The van der Waals surface area contributed by atoms with Crippen LogP contribution in [0.3, 0.4) is 0 Å². The molecule has 5 nitrogen and oxygen atoms in total. The molecule has 1 fully saturated rings. The molecular formula is C19H22N2O3. The van der Waals surface area contributed by atoms with Crippen molar-refractivity contribution in [2.45, 2.75) is 25.5 Å². The number of hydrogen-bond donors (Lipinski definition) is 2. The summed E-state index contributed by atoms with van der Waals surface area (Å²) in [4.78, 5) is 14.2. The summed E-state index contributed by atoms with van der Waals surface area (Å²) in [7, 11) is 0. The number of aliphatic hydroxyl groups is 1. The first-order valence-electron chi connectivity index (χ1n) is 8.22. The van der Waals surface area contributed by atoms with Crippen molar-refractivity contribution in [2.75, 3.05) is 18.5 Å². The molecule has 0 aromatic heterocycles. The van der Waals surface area contributed by atoms with E-state index < -0.39 is 0 Å². The number of carbonyl (C=O) groups is 1. The van der Waals surface area contributed by atoms with E-state index in [1.54, 1.807) is 4.90 Å². The largest absolute Gasteiger partial charge is 0.489 e. The van der Waals surface area contributed by atoms with E-state index in [1.807, 2.05) is 54.6 Å². The van der Waals surface area contributed by atoms with E-state index in [0.29, 0.717) is 13.2 Å². The lowest BCUT2D eigenvalue weighted by Crippen LogP contribution is -2.40. The number of anilines is 1. The Balaban J connectivity index is 1.66. The topological polar surface area (TPSA) is 61.8 Å². The van der Waals surface area contributed by atoms with Gasteiger partial charge >= 0.3 is 6.03 Å². The molecule has 5 heteroatoms. The molecule has 0 bridgehead atoms. The summed E-state index contributed by atoms with van der Waals surface area (Å²) in [5, 5.41) is 12.3. The first kappa shape index (κ1) is 16.3. The number of benzene rings is 2. The second kappa shape index (κ2) is 7.84. The van der Waals surface area contributed by atoms with Crippen molar-refractivity contribution in [1.29, 1.82) is 0 Å². The van der Waals surface area contributed by atoms with Gasteiger partial charge in [0.15, 0.2) is 0 Å². The molecule has 1 saturated heterocycles. The summed E-state index contributed by atoms with van der Waals surface area (Å²) in [6.45, 7) is 1.07. The summed E-state index contributed by atoms with van der Waals surface area (Å²) < 4.78 is 5.78.